The molecule has 3 heteroatoms. The normalized spacial score (nSPS) is 10.3. The number of amides is 1. The van der Waals surface area contributed by atoms with Crippen LogP contribution in [0.1, 0.15) is 38.7 Å². The first-order chi connectivity index (χ1) is 8.77. The van der Waals surface area contributed by atoms with Crippen molar-refractivity contribution in [1.29, 1.82) is 0 Å². The Labute approximate surface area is 115 Å². The van der Waals surface area contributed by atoms with Gasteiger partial charge < -0.3 is 4.90 Å². The summed E-state index contributed by atoms with van der Waals surface area (Å²) < 4.78 is 0. The molecule has 0 atom stereocenters. The summed E-state index contributed by atoms with van der Waals surface area (Å²) in [5, 5.41) is 0.217. The molecule has 0 aliphatic rings. The largest absolute Gasteiger partial charge is 0.334 e. The van der Waals surface area contributed by atoms with Crippen molar-refractivity contribution in [2.75, 3.05) is 13.1 Å². The fraction of sp³-hybridized carbons (Fsp3) is 0.533. The third-order valence-electron chi connectivity index (χ3n) is 2.74. The molecular formula is C15H23NOS. The Bertz CT molecular complexity index is 340. The zero-order chi connectivity index (χ0) is 13.2. The maximum Gasteiger partial charge on any atom is 0.281 e. The molecule has 1 rings (SSSR count). The van der Waals surface area contributed by atoms with Crippen LogP contribution in [0, 0.1) is 0 Å². The Morgan fingerprint density at radius 2 is 1.83 bits per heavy atom. The molecule has 0 radical (unpaired) electrons. The second-order valence-electron chi connectivity index (χ2n) is 4.38. The summed E-state index contributed by atoms with van der Waals surface area (Å²) in [5.74, 6) is 0.770. The Morgan fingerprint density at radius 1 is 1.11 bits per heavy atom. The number of rotatable bonds is 7. The highest BCUT2D eigenvalue weighted by Gasteiger charge is 2.12. The van der Waals surface area contributed by atoms with Gasteiger partial charge in [0, 0.05) is 18.8 Å². The van der Waals surface area contributed by atoms with Gasteiger partial charge in [0.05, 0.1) is 0 Å². The molecule has 0 aliphatic carbocycles. The average Bonchev–Trinajstić information content (AvgIpc) is 2.42. The zero-order valence-electron chi connectivity index (χ0n) is 11.4. The van der Waals surface area contributed by atoms with Gasteiger partial charge in [-0.15, -0.1) is 0 Å². The maximum atomic E-state index is 12.1. The minimum atomic E-state index is 0.217. The first-order valence-corrected chi connectivity index (χ1v) is 7.72. The molecule has 18 heavy (non-hydrogen) atoms. The molecule has 1 aromatic rings. The number of benzene rings is 1. The number of thioether (sulfide) groups is 1. The summed E-state index contributed by atoms with van der Waals surface area (Å²) in [6, 6.07) is 10.2. The average molecular weight is 265 g/mol. The predicted molar refractivity (Wildman–Crippen MR) is 79.9 cm³/mol. The lowest BCUT2D eigenvalue weighted by atomic mass is 10.2. The maximum absolute atomic E-state index is 12.1. The molecule has 0 spiro atoms. The van der Waals surface area contributed by atoms with E-state index in [1.165, 1.54) is 17.3 Å². The van der Waals surface area contributed by atoms with Crippen LogP contribution >= 0.6 is 11.8 Å². The summed E-state index contributed by atoms with van der Waals surface area (Å²) in [7, 11) is 0. The lowest BCUT2D eigenvalue weighted by molar-refractivity contribution is 0.222. The molecule has 100 valence electrons. The van der Waals surface area contributed by atoms with E-state index in [0.717, 1.165) is 38.1 Å². The van der Waals surface area contributed by atoms with Gasteiger partial charge in [0.1, 0.15) is 0 Å². The second kappa shape index (κ2) is 9.03. The van der Waals surface area contributed by atoms with E-state index in [2.05, 4.69) is 26.0 Å². The van der Waals surface area contributed by atoms with Crippen LogP contribution in [0.5, 0.6) is 0 Å². The standard InChI is InChI=1S/C15H23NOS/c1-3-5-12-16(11-4-2)15(17)18-13-14-9-7-6-8-10-14/h6-10H,3-5,11-13H2,1-2H3. The number of hydrogen-bond donors (Lipinski definition) is 0. The van der Waals surface area contributed by atoms with Crippen LogP contribution < -0.4 is 0 Å². The number of hydrogen-bond acceptors (Lipinski definition) is 2. The Hall–Kier alpha value is -0.960. The van der Waals surface area contributed by atoms with Gasteiger partial charge in [-0.05, 0) is 18.4 Å². The van der Waals surface area contributed by atoms with Crippen molar-refractivity contribution in [3.8, 4) is 0 Å². The first-order valence-electron chi connectivity index (χ1n) is 6.73. The van der Waals surface area contributed by atoms with Gasteiger partial charge in [-0.3, -0.25) is 4.79 Å². The van der Waals surface area contributed by atoms with Gasteiger partial charge in [-0.2, -0.15) is 0 Å². The topological polar surface area (TPSA) is 20.3 Å². The Morgan fingerprint density at radius 3 is 2.44 bits per heavy atom. The molecular weight excluding hydrogens is 242 g/mol. The number of nitrogens with zero attached hydrogens (tertiary/aromatic N) is 1. The van der Waals surface area contributed by atoms with Gasteiger partial charge in [-0.1, -0.05) is 62.4 Å². The monoisotopic (exact) mass is 265 g/mol. The van der Waals surface area contributed by atoms with Gasteiger partial charge in [0.2, 0.25) is 0 Å². The van der Waals surface area contributed by atoms with E-state index in [0.29, 0.717) is 0 Å². The molecule has 0 saturated carbocycles. The number of carbonyl (C=O) groups is 1. The highest BCUT2D eigenvalue weighted by atomic mass is 32.2. The van der Waals surface area contributed by atoms with E-state index < -0.39 is 0 Å². The van der Waals surface area contributed by atoms with Crippen LogP contribution in [0.25, 0.3) is 0 Å². The Kier molecular flexibility index (Phi) is 7.58. The van der Waals surface area contributed by atoms with Crippen LogP contribution in [-0.2, 0) is 5.75 Å². The fourth-order valence-electron chi connectivity index (χ4n) is 1.72. The van der Waals surface area contributed by atoms with Crippen molar-refractivity contribution in [2.24, 2.45) is 0 Å². The molecule has 0 aromatic heterocycles. The van der Waals surface area contributed by atoms with Gasteiger partial charge in [0.25, 0.3) is 5.24 Å². The third-order valence-corrected chi connectivity index (χ3v) is 3.72. The van der Waals surface area contributed by atoms with Crippen LogP contribution in [-0.4, -0.2) is 23.2 Å². The van der Waals surface area contributed by atoms with Crippen LogP contribution in [0.15, 0.2) is 30.3 Å². The molecule has 1 amide bonds. The van der Waals surface area contributed by atoms with Crippen molar-refractivity contribution < 1.29 is 4.79 Å². The highest BCUT2D eigenvalue weighted by Crippen LogP contribution is 2.16. The molecule has 0 aliphatic heterocycles. The molecule has 0 saturated heterocycles. The molecule has 0 unspecified atom stereocenters. The highest BCUT2D eigenvalue weighted by molar-refractivity contribution is 8.12. The summed E-state index contributed by atoms with van der Waals surface area (Å²) >= 11 is 1.42. The third kappa shape index (κ3) is 5.58. The van der Waals surface area contributed by atoms with Crippen LogP contribution in [0.3, 0.4) is 0 Å². The van der Waals surface area contributed by atoms with E-state index >= 15 is 0 Å². The summed E-state index contributed by atoms with van der Waals surface area (Å²) in [4.78, 5) is 14.1. The van der Waals surface area contributed by atoms with Gasteiger partial charge in [-0.25, -0.2) is 0 Å². The van der Waals surface area contributed by atoms with Crippen LogP contribution in [0.4, 0.5) is 4.79 Å². The van der Waals surface area contributed by atoms with Crippen molar-refractivity contribution in [1.82, 2.24) is 4.90 Å². The van der Waals surface area contributed by atoms with Crippen molar-refractivity contribution in [3.05, 3.63) is 35.9 Å². The van der Waals surface area contributed by atoms with Gasteiger partial charge in [0.15, 0.2) is 0 Å². The number of carbonyl (C=O) groups excluding carboxylic acids is 1. The molecule has 0 N–H and O–H groups in total. The van der Waals surface area contributed by atoms with E-state index in [1.54, 1.807) is 0 Å². The molecule has 1 aromatic carbocycles. The zero-order valence-corrected chi connectivity index (χ0v) is 12.2. The van der Waals surface area contributed by atoms with Crippen molar-refractivity contribution in [3.63, 3.8) is 0 Å². The summed E-state index contributed by atoms with van der Waals surface area (Å²) in [6.45, 7) is 6.05. The quantitative estimate of drug-likeness (QED) is 0.720. The smallest absolute Gasteiger partial charge is 0.281 e. The lowest BCUT2D eigenvalue weighted by Gasteiger charge is -2.21. The fourth-order valence-corrected chi connectivity index (χ4v) is 2.57. The van der Waals surface area contributed by atoms with Crippen molar-refractivity contribution >= 4 is 17.0 Å². The number of unbranched alkanes of at least 4 members (excludes halogenated alkanes) is 1. The molecule has 0 fully saturated rings. The van der Waals surface area contributed by atoms with Crippen LogP contribution in [0.2, 0.25) is 0 Å². The molecule has 0 bridgehead atoms. The minimum Gasteiger partial charge on any atom is -0.334 e. The SMILES string of the molecule is CCCCN(CCC)C(=O)SCc1ccccc1. The summed E-state index contributed by atoms with van der Waals surface area (Å²) in [5.41, 5.74) is 1.21. The molecule has 2 nitrogen and oxygen atoms in total. The van der Waals surface area contributed by atoms with E-state index in [1.807, 2.05) is 23.1 Å². The van der Waals surface area contributed by atoms with E-state index in [-0.39, 0.29) is 5.24 Å². The molecule has 0 heterocycles. The van der Waals surface area contributed by atoms with E-state index in [4.69, 9.17) is 0 Å². The van der Waals surface area contributed by atoms with E-state index in [9.17, 15) is 4.79 Å². The first kappa shape index (κ1) is 15.1. The summed E-state index contributed by atoms with van der Waals surface area (Å²) in [6.07, 6.45) is 3.26. The van der Waals surface area contributed by atoms with Gasteiger partial charge >= 0.3 is 0 Å². The van der Waals surface area contributed by atoms with Crippen molar-refractivity contribution in [2.45, 2.75) is 38.9 Å². The minimum absolute atomic E-state index is 0.217. The Balaban J connectivity index is 2.40. The lowest BCUT2D eigenvalue weighted by Crippen LogP contribution is -2.29. The second-order valence-corrected chi connectivity index (χ2v) is 5.31. The predicted octanol–water partition coefficient (Wildman–Crippen LogP) is 4.55.